The van der Waals surface area contributed by atoms with E-state index in [0.29, 0.717) is 0 Å². The van der Waals surface area contributed by atoms with Crippen LogP contribution in [0.1, 0.15) is 21.7 Å². The maximum absolute atomic E-state index is 4.47. The van der Waals surface area contributed by atoms with Crippen molar-refractivity contribution in [3.63, 3.8) is 0 Å². The summed E-state index contributed by atoms with van der Waals surface area (Å²) in [5.74, 6) is 0. The number of aryl methyl sites for hydroxylation is 4. The molecule has 1 aromatic heterocycles. The molecule has 0 aliphatic rings. The first kappa shape index (κ1) is 12.1. The molecule has 0 saturated heterocycles. The molecule has 1 heterocycles. The molecule has 0 spiro atoms. The van der Waals surface area contributed by atoms with Gasteiger partial charge in [-0.25, -0.2) is 4.98 Å². The third-order valence-corrected chi connectivity index (χ3v) is 4.22. The Kier molecular flexibility index (Phi) is 3.79. The molecule has 0 saturated carbocycles. The number of hydrogen-bond donors (Lipinski definition) is 1. The highest BCUT2D eigenvalue weighted by atomic mass is 32.1. The molecule has 3 heteroatoms. The van der Waals surface area contributed by atoms with Gasteiger partial charge in [0.1, 0.15) is 0 Å². The van der Waals surface area contributed by atoms with Gasteiger partial charge in [-0.3, -0.25) is 0 Å². The van der Waals surface area contributed by atoms with E-state index in [1.807, 2.05) is 7.05 Å². The van der Waals surface area contributed by atoms with Crippen molar-refractivity contribution in [3.05, 3.63) is 46.0 Å². The standard InChI is InChI=1S/C14H18N2S/c1-10-6-4-5-7-12(10)8-9-13-11(2)16-14(15-3)17-13/h4-7H,8-9H2,1-3H3,(H,15,16). The summed E-state index contributed by atoms with van der Waals surface area (Å²) in [6.07, 6.45) is 2.18. The zero-order valence-electron chi connectivity index (χ0n) is 10.6. The van der Waals surface area contributed by atoms with Crippen LogP contribution in [-0.2, 0) is 12.8 Å². The minimum atomic E-state index is 1.02. The van der Waals surface area contributed by atoms with Crippen molar-refractivity contribution in [1.82, 2.24) is 4.98 Å². The summed E-state index contributed by atoms with van der Waals surface area (Å²) >= 11 is 1.76. The van der Waals surface area contributed by atoms with Gasteiger partial charge in [0.05, 0.1) is 5.69 Å². The minimum absolute atomic E-state index is 1.02. The lowest BCUT2D eigenvalue weighted by atomic mass is 10.0. The van der Waals surface area contributed by atoms with E-state index in [1.165, 1.54) is 16.0 Å². The van der Waals surface area contributed by atoms with E-state index in [9.17, 15) is 0 Å². The van der Waals surface area contributed by atoms with Crippen molar-refractivity contribution < 1.29 is 0 Å². The second-order valence-electron chi connectivity index (χ2n) is 4.20. The molecule has 2 nitrogen and oxygen atoms in total. The van der Waals surface area contributed by atoms with Crippen molar-refractivity contribution in [2.24, 2.45) is 0 Å². The van der Waals surface area contributed by atoms with Gasteiger partial charge in [-0.05, 0) is 37.8 Å². The smallest absolute Gasteiger partial charge is 0.182 e. The van der Waals surface area contributed by atoms with Crippen molar-refractivity contribution in [1.29, 1.82) is 0 Å². The Morgan fingerprint density at radius 2 is 1.94 bits per heavy atom. The van der Waals surface area contributed by atoms with Crippen molar-refractivity contribution >= 4 is 16.5 Å². The molecule has 0 bridgehead atoms. The van der Waals surface area contributed by atoms with Crippen LogP contribution in [0.5, 0.6) is 0 Å². The van der Waals surface area contributed by atoms with E-state index in [-0.39, 0.29) is 0 Å². The molecule has 0 radical (unpaired) electrons. The van der Waals surface area contributed by atoms with Crippen molar-refractivity contribution in [2.75, 3.05) is 12.4 Å². The summed E-state index contributed by atoms with van der Waals surface area (Å²) in [6, 6.07) is 8.59. The summed E-state index contributed by atoms with van der Waals surface area (Å²) in [6.45, 7) is 4.26. The van der Waals surface area contributed by atoms with Gasteiger partial charge in [-0.1, -0.05) is 24.3 Å². The lowest BCUT2D eigenvalue weighted by molar-refractivity contribution is 0.951. The second-order valence-corrected chi connectivity index (χ2v) is 5.29. The van der Waals surface area contributed by atoms with Gasteiger partial charge >= 0.3 is 0 Å². The zero-order chi connectivity index (χ0) is 12.3. The van der Waals surface area contributed by atoms with Gasteiger partial charge in [0.25, 0.3) is 0 Å². The Labute approximate surface area is 107 Å². The molecule has 90 valence electrons. The molecule has 1 aromatic carbocycles. The Balaban J connectivity index is 2.07. The molecule has 0 atom stereocenters. The fourth-order valence-electron chi connectivity index (χ4n) is 1.91. The lowest BCUT2D eigenvalue weighted by Gasteiger charge is -2.04. The third-order valence-electron chi connectivity index (χ3n) is 2.99. The molecule has 0 aliphatic carbocycles. The van der Waals surface area contributed by atoms with E-state index >= 15 is 0 Å². The van der Waals surface area contributed by atoms with Gasteiger partial charge in [0.2, 0.25) is 0 Å². The van der Waals surface area contributed by atoms with Crippen LogP contribution < -0.4 is 5.32 Å². The molecular formula is C14H18N2S. The predicted octanol–water partition coefficient (Wildman–Crippen LogP) is 3.59. The van der Waals surface area contributed by atoms with E-state index in [1.54, 1.807) is 11.3 Å². The fraction of sp³-hybridized carbons (Fsp3) is 0.357. The Morgan fingerprint density at radius 1 is 1.18 bits per heavy atom. The number of aromatic nitrogens is 1. The maximum Gasteiger partial charge on any atom is 0.182 e. The van der Waals surface area contributed by atoms with Crippen LogP contribution in [0, 0.1) is 13.8 Å². The molecule has 0 unspecified atom stereocenters. The molecule has 17 heavy (non-hydrogen) atoms. The first-order valence-corrected chi connectivity index (χ1v) is 6.71. The number of nitrogens with zero attached hydrogens (tertiary/aromatic N) is 1. The SMILES string of the molecule is CNc1nc(C)c(CCc2ccccc2C)s1. The second kappa shape index (κ2) is 5.32. The maximum atomic E-state index is 4.47. The molecule has 0 amide bonds. The van der Waals surface area contributed by atoms with Crippen LogP contribution in [0.25, 0.3) is 0 Å². The van der Waals surface area contributed by atoms with Crippen LogP contribution in [0.3, 0.4) is 0 Å². The summed E-state index contributed by atoms with van der Waals surface area (Å²) < 4.78 is 0. The number of anilines is 1. The molecule has 0 fully saturated rings. The largest absolute Gasteiger partial charge is 0.365 e. The number of thiazole rings is 1. The highest BCUT2D eigenvalue weighted by Crippen LogP contribution is 2.24. The zero-order valence-corrected chi connectivity index (χ0v) is 11.4. The number of hydrogen-bond acceptors (Lipinski definition) is 3. The molecule has 1 N–H and O–H groups in total. The average Bonchev–Trinajstić information content (AvgIpc) is 2.69. The monoisotopic (exact) mass is 246 g/mol. The average molecular weight is 246 g/mol. The van der Waals surface area contributed by atoms with E-state index < -0.39 is 0 Å². The summed E-state index contributed by atoms with van der Waals surface area (Å²) in [5, 5.41) is 4.12. The van der Waals surface area contributed by atoms with Gasteiger partial charge in [0.15, 0.2) is 5.13 Å². The van der Waals surface area contributed by atoms with E-state index in [2.05, 4.69) is 48.4 Å². The van der Waals surface area contributed by atoms with Crippen molar-refractivity contribution in [2.45, 2.75) is 26.7 Å². The van der Waals surface area contributed by atoms with Gasteiger partial charge in [-0.2, -0.15) is 0 Å². The molecule has 2 aromatic rings. The number of benzene rings is 1. The molecule has 2 rings (SSSR count). The van der Waals surface area contributed by atoms with Crippen LogP contribution in [0.15, 0.2) is 24.3 Å². The van der Waals surface area contributed by atoms with Crippen molar-refractivity contribution in [3.8, 4) is 0 Å². The quantitative estimate of drug-likeness (QED) is 0.891. The molecule has 0 aliphatic heterocycles. The summed E-state index contributed by atoms with van der Waals surface area (Å²) in [7, 11) is 1.92. The summed E-state index contributed by atoms with van der Waals surface area (Å²) in [4.78, 5) is 5.86. The molecular weight excluding hydrogens is 228 g/mol. The Bertz CT molecular complexity index is 503. The van der Waals surface area contributed by atoms with Crippen LogP contribution in [0.4, 0.5) is 5.13 Å². The van der Waals surface area contributed by atoms with E-state index in [4.69, 9.17) is 0 Å². The highest BCUT2D eigenvalue weighted by Gasteiger charge is 2.07. The topological polar surface area (TPSA) is 24.9 Å². The van der Waals surface area contributed by atoms with E-state index in [0.717, 1.165) is 23.7 Å². The van der Waals surface area contributed by atoms with Gasteiger partial charge in [0, 0.05) is 11.9 Å². The Hall–Kier alpha value is -1.35. The normalized spacial score (nSPS) is 10.5. The number of nitrogens with one attached hydrogen (secondary N) is 1. The summed E-state index contributed by atoms with van der Waals surface area (Å²) in [5.41, 5.74) is 3.97. The van der Waals surface area contributed by atoms with Gasteiger partial charge in [-0.15, -0.1) is 11.3 Å². The number of rotatable bonds is 4. The first-order valence-electron chi connectivity index (χ1n) is 5.89. The first-order chi connectivity index (χ1) is 8.20. The van der Waals surface area contributed by atoms with Crippen LogP contribution in [0.2, 0.25) is 0 Å². The third kappa shape index (κ3) is 2.86. The minimum Gasteiger partial charge on any atom is -0.365 e. The lowest BCUT2D eigenvalue weighted by Crippen LogP contribution is -1.93. The Morgan fingerprint density at radius 3 is 2.59 bits per heavy atom. The van der Waals surface area contributed by atoms with Crippen LogP contribution >= 0.6 is 11.3 Å². The van der Waals surface area contributed by atoms with Gasteiger partial charge < -0.3 is 5.32 Å². The van der Waals surface area contributed by atoms with Crippen LogP contribution in [-0.4, -0.2) is 12.0 Å². The highest BCUT2D eigenvalue weighted by molar-refractivity contribution is 7.15. The fourth-order valence-corrected chi connectivity index (χ4v) is 2.82. The predicted molar refractivity (Wildman–Crippen MR) is 75.0 cm³/mol.